The highest BCUT2D eigenvalue weighted by atomic mass is 35.5. The Balaban J connectivity index is 1.63. The van der Waals surface area contributed by atoms with E-state index in [1.54, 1.807) is 6.07 Å². The molecule has 0 aliphatic rings. The van der Waals surface area contributed by atoms with E-state index in [0.29, 0.717) is 5.75 Å². The molecule has 1 amide bonds. The van der Waals surface area contributed by atoms with Crippen LogP contribution in [0.15, 0.2) is 71.6 Å². The number of aliphatic hydroxyl groups is 1. The molecule has 0 heterocycles. The fourth-order valence-electron chi connectivity index (χ4n) is 2.84. The van der Waals surface area contributed by atoms with Gasteiger partial charge < -0.3 is 15.2 Å². The molecule has 7 nitrogen and oxygen atoms in total. The number of hydrogen-bond acceptors (Lipinski definition) is 5. The minimum Gasteiger partial charge on any atom is -0.491 e. The fourth-order valence-corrected chi connectivity index (χ4v) is 4.13. The number of ether oxygens (including phenoxy) is 1. The van der Waals surface area contributed by atoms with Gasteiger partial charge in [0.1, 0.15) is 24.3 Å². The molecular weight excluding hydrogens is 471 g/mol. The Morgan fingerprint density at radius 2 is 1.85 bits per heavy atom. The molecule has 1 atom stereocenters. The number of aliphatic hydroxyl groups excluding tert-OH is 1. The number of sulfonamides is 1. The molecule has 33 heavy (non-hydrogen) atoms. The largest absolute Gasteiger partial charge is 0.491 e. The molecule has 0 aromatic heterocycles. The zero-order valence-electron chi connectivity index (χ0n) is 17.6. The zero-order valence-corrected chi connectivity index (χ0v) is 19.2. The summed E-state index contributed by atoms with van der Waals surface area (Å²) in [5, 5.41) is 12.7. The van der Waals surface area contributed by atoms with Crippen LogP contribution in [-0.4, -0.2) is 38.7 Å². The van der Waals surface area contributed by atoms with E-state index in [1.807, 2.05) is 25.1 Å². The van der Waals surface area contributed by atoms with Gasteiger partial charge in [0.15, 0.2) is 0 Å². The normalized spacial score (nSPS) is 12.1. The van der Waals surface area contributed by atoms with Crippen LogP contribution in [0, 0.1) is 12.7 Å². The molecule has 0 aliphatic carbocycles. The first-order valence-corrected chi connectivity index (χ1v) is 11.7. The summed E-state index contributed by atoms with van der Waals surface area (Å²) in [6, 6.07) is 15.7. The lowest BCUT2D eigenvalue weighted by Crippen LogP contribution is -2.35. The summed E-state index contributed by atoms with van der Waals surface area (Å²) in [6.45, 7) is 1.73. The topological polar surface area (TPSA) is 105 Å². The molecule has 3 N–H and O–H groups in total. The van der Waals surface area contributed by atoms with E-state index in [9.17, 15) is 22.7 Å². The van der Waals surface area contributed by atoms with Crippen molar-refractivity contribution in [2.24, 2.45) is 0 Å². The summed E-state index contributed by atoms with van der Waals surface area (Å²) in [4.78, 5) is 12.4. The summed E-state index contributed by atoms with van der Waals surface area (Å²) in [5.41, 5.74) is 1.09. The molecule has 10 heteroatoms. The second-order valence-corrected chi connectivity index (χ2v) is 9.34. The van der Waals surface area contributed by atoms with Gasteiger partial charge in [-0.05, 0) is 67.1 Å². The first kappa shape index (κ1) is 24.5. The Morgan fingerprint density at radius 1 is 1.12 bits per heavy atom. The summed E-state index contributed by atoms with van der Waals surface area (Å²) in [7, 11) is -4.05. The van der Waals surface area contributed by atoms with Crippen molar-refractivity contribution < 1.29 is 27.4 Å². The van der Waals surface area contributed by atoms with Crippen molar-refractivity contribution in [3.05, 3.63) is 88.7 Å². The Bertz CT molecular complexity index is 1240. The predicted octanol–water partition coefficient (Wildman–Crippen LogP) is 3.76. The maximum absolute atomic E-state index is 13.0. The first-order chi connectivity index (χ1) is 15.6. The number of nitrogens with one attached hydrogen (secondary N) is 2. The van der Waals surface area contributed by atoms with Crippen molar-refractivity contribution in [1.82, 2.24) is 5.32 Å². The van der Waals surface area contributed by atoms with E-state index in [1.165, 1.54) is 24.3 Å². The first-order valence-electron chi connectivity index (χ1n) is 9.88. The molecule has 0 bridgehead atoms. The molecule has 0 saturated heterocycles. The van der Waals surface area contributed by atoms with Gasteiger partial charge in [-0.3, -0.25) is 9.52 Å². The molecule has 3 aromatic carbocycles. The molecule has 1 unspecified atom stereocenters. The summed E-state index contributed by atoms with van der Waals surface area (Å²) < 4.78 is 46.1. The smallest absolute Gasteiger partial charge is 0.261 e. The summed E-state index contributed by atoms with van der Waals surface area (Å²) in [5.74, 6) is -0.571. The molecule has 0 fully saturated rings. The van der Waals surface area contributed by atoms with Crippen LogP contribution in [0.2, 0.25) is 5.02 Å². The van der Waals surface area contributed by atoms with Gasteiger partial charge in [0.2, 0.25) is 0 Å². The van der Waals surface area contributed by atoms with E-state index in [2.05, 4.69) is 10.0 Å². The minimum absolute atomic E-state index is 0.0405. The van der Waals surface area contributed by atoms with Crippen LogP contribution in [0.1, 0.15) is 15.9 Å². The van der Waals surface area contributed by atoms with Gasteiger partial charge in [-0.1, -0.05) is 23.7 Å². The number of amides is 1. The third-order valence-electron chi connectivity index (χ3n) is 4.52. The molecule has 3 rings (SSSR count). The molecule has 3 aromatic rings. The average Bonchev–Trinajstić information content (AvgIpc) is 2.77. The zero-order chi connectivity index (χ0) is 24.0. The van der Waals surface area contributed by atoms with Gasteiger partial charge in [-0.2, -0.15) is 0 Å². The van der Waals surface area contributed by atoms with Gasteiger partial charge in [0, 0.05) is 12.2 Å². The molecule has 0 radical (unpaired) electrons. The number of carbonyl (C=O) groups excluding carboxylic acids is 1. The van der Waals surface area contributed by atoms with Crippen molar-refractivity contribution in [2.75, 3.05) is 17.9 Å². The van der Waals surface area contributed by atoms with Gasteiger partial charge in [0.25, 0.3) is 15.9 Å². The molecule has 174 valence electrons. The number of carbonyl (C=O) groups is 1. The standard InChI is InChI=1S/C23H22ClFN2O5S/c1-15-3-2-4-19(11-15)32-14-18(28)13-26-23(29)21-12-20(9-10-22(21)24)33(30,31)27-17-7-5-16(25)6-8-17/h2-12,18,27-28H,13-14H2,1H3,(H,26,29). The number of hydrogen-bond donors (Lipinski definition) is 3. The Labute approximate surface area is 196 Å². The molecular formula is C23H22ClFN2O5S. The molecule has 0 aliphatic heterocycles. The maximum atomic E-state index is 13.0. The summed E-state index contributed by atoms with van der Waals surface area (Å²) in [6.07, 6.45) is -1.000. The van der Waals surface area contributed by atoms with Crippen molar-refractivity contribution >= 4 is 33.2 Å². The lowest BCUT2D eigenvalue weighted by molar-refractivity contribution is 0.0843. The lowest BCUT2D eigenvalue weighted by atomic mass is 10.2. The highest BCUT2D eigenvalue weighted by molar-refractivity contribution is 7.92. The van der Waals surface area contributed by atoms with Crippen molar-refractivity contribution in [1.29, 1.82) is 0 Å². The number of benzene rings is 3. The van der Waals surface area contributed by atoms with Gasteiger partial charge >= 0.3 is 0 Å². The molecule has 0 spiro atoms. The van der Waals surface area contributed by atoms with E-state index in [-0.39, 0.29) is 34.3 Å². The third kappa shape index (κ3) is 6.92. The average molecular weight is 493 g/mol. The highest BCUT2D eigenvalue weighted by Gasteiger charge is 2.20. The lowest BCUT2D eigenvalue weighted by Gasteiger charge is -2.14. The van der Waals surface area contributed by atoms with E-state index >= 15 is 0 Å². The van der Waals surface area contributed by atoms with Crippen LogP contribution in [0.3, 0.4) is 0 Å². The van der Waals surface area contributed by atoms with Gasteiger partial charge in [-0.25, -0.2) is 12.8 Å². The van der Waals surface area contributed by atoms with Crippen LogP contribution in [-0.2, 0) is 10.0 Å². The van der Waals surface area contributed by atoms with Crippen LogP contribution in [0.5, 0.6) is 5.75 Å². The van der Waals surface area contributed by atoms with Crippen molar-refractivity contribution in [3.63, 3.8) is 0 Å². The third-order valence-corrected chi connectivity index (χ3v) is 6.23. The number of halogens is 2. The summed E-state index contributed by atoms with van der Waals surface area (Å²) >= 11 is 6.09. The number of anilines is 1. The fraction of sp³-hybridized carbons (Fsp3) is 0.174. The highest BCUT2D eigenvalue weighted by Crippen LogP contribution is 2.23. The van der Waals surface area contributed by atoms with E-state index in [4.69, 9.17) is 16.3 Å². The Kier molecular flexibility index (Phi) is 7.91. The van der Waals surface area contributed by atoms with E-state index in [0.717, 1.165) is 23.8 Å². The van der Waals surface area contributed by atoms with Crippen LogP contribution in [0.4, 0.5) is 10.1 Å². The number of aryl methyl sites for hydroxylation is 1. The van der Waals surface area contributed by atoms with Gasteiger partial charge in [-0.15, -0.1) is 0 Å². The van der Waals surface area contributed by atoms with E-state index < -0.39 is 27.9 Å². The maximum Gasteiger partial charge on any atom is 0.261 e. The SMILES string of the molecule is Cc1cccc(OCC(O)CNC(=O)c2cc(S(=O)(=O)Nc3ccc(F)cc3)ccc2Cl)c1. The van der Waals surface area contributed by atoms with Crippen LogP contribution in [0.25, 0.3) is 0 Å². The van der Waals surface area contributed by atoms with Crippen molar-refractivity contribution in [2.45, 2.75) is 17.9 Å². The number of rotatable bonds is 9. The predicted molar refractivity (Wildman–Crippen MR) is 124 cm³/mol. The van der Waals surface area contributed by atoms with Crippen LogP contribution < -0.4 is 14.8 Å². The second kappa shape index (κ2) is 10.7. The minimum atomic E-state index is -4.05. The van der Waals surface area contributed by atoms with Crippen LogP contribution >= 0.6 is 11.6 Å². The Morgan fingerprint density at radius 3 is 2.55 bits per heavy atom. The second-order valence-electron chi connectivity index (χ2n) is 7.25. The molecule has 0 saturated carbocycles. The van der Waals surface area contributed by atoms with Gasteiger partial charge in [0.05, 0.1) is 15.5 Å². The monoisotopic (exact) mass is 492 g/mol. The van der Waals surface area contributed by atoms with Crippen molar-refractivity contribution in [3.8, 4) is 5.75 Å². The quantitative estimate of drug-likeness (QED) is 0.422. The Hall–Kier alpha value is -3.14.